The fourth-order valence-electron chi connectivity index (χ4n) is 2.17. The Morgan fingerprint density at radius 3 is 2.37 bits per heavy atom. The van der Waals surface area contributed by atoms with E-state index in [0.717, 1.165) is 18.0 Å². The first-order chi connectivity index (χ1) is 9.05. The Labute approximate surface area is 115 Å². The van der Waals surface area contributed by atoms with E-state index in [9.17, 15) is 8.42 Å². The molecule has 1 atom stereocenters. The van der Waals surface area contributed by atoms with Crippen molar-refractivity contribution in [1.82, 2.24) is 4.72 Å². The van der Waals surface area contributed by atoms with Crippen LogP contribution in [0.15, 0.2) is 29.2 Å². The zero-order valence-corrected chi connectivity index (χ0v) is 12.3. The maximum absolute atomic E-state index is 11.6. The highest BCUT2D eigenvalue weighted by atomic mass is 32.2. The van der Waals surface area contributed by atoms with Gasteiger partial charge in [0.25, 0.3) is 0 Å². The minimum Gasteiger partial charge on any atom is -0.382 e. The number of hydrogen-bond acceptors (Lipinski definition) is 3. The van der Waals surface area contributed by atoms with Crippen LogP contribution in [0.25, 0.3) is 0 Å². The highest BCUT2D eigenvalue weighted by molar-refractivity contribution is 7.89. The predicted molar refractivity (Wildman–Crippen MR) is 77.7 cm³/mol. The molecule has 0 amide bonds. The van der Waals surface area contributed by atoms with Crippen LogP contribution in [0.3, 0.4) is 0 Å². The van der Waals surface area contributed by atoms with E-state index >= 15 is 0 Å². The summed E-state index contributed by atoms with van der Waals surface area (Å²) in [4.78, 5) is 0.302. The fraction of sp³-hybridized carbons (Fsp3) is 0.571. The summed E-state index contributed by atoms with van der Waals surface area (Å²) in [7, 11) is -1.91. The van der Waals surface area contributed by atoms with Gasteiger partial charge >= 0.3 is 0 Å². The van der Waals surface area contributed by atoms with E-state index in [2.05, 4.69) is 17.0 Å². The maximum Gasteiger partial charge on any atom is 0.240 e. The molecule has 1 aromatic carbocycles. The lowest BCUT2D eigenvalue weighted by Gasteiger charge is -2.18. The van der Waals surface area contributed by atoms with E-state index in [-0.39, 0.29) is 0 Å². The zero-order valence-electron chi connectivity index (χ0n) is 11.5. The van der Waals surface area contributed by atoms with E-state index in [4.69, 9.17) is 0 Å². The van der Waals surface area contributed by atoms with Crippen LogP contribution < -0.4 is 10.0 Å². The smallest absolute Gasteiger partial charge is 0.240 e. The van der Waals surface area contributed by atoms with Gasteiger partial charge in [0, 0.05) is 11.7 Å². The lowest BCUT2D eigenvalue weighted by Crippen LogP contribution is -2.20. The summed E-state index contributed by atoms with van der Waals surface area (Å²) < 4.78 is 25.5. The van der Waals surface area contributed by atoms with Crippen LogP contribution in [-0.4, -0.2) is 21.5 Å². The van der Waals surface area contributed by atoms with Crippen LogP contribution in [-0.2, 0) is 10.0 Å². The van der Waals surface area contributed by atoms with Crippen LogP contribution in [0, 0.1) is 5.92 Å². The minimum atomic E-state index is -3.34. The van der Waals surface area contributed by atoms with E-state index in [1.54, 1.807) is 12.1 Å². The van der Waals surface area contributed by atoms with E-state index in [1.165, 1.54) is 26.3 Å². The zero-order chi connectivity index (χ0) is 13.9. The molecule has 1 aliphatic rings. The third-order valence-electron chi connectivity index (χ3n) is 3.61. The molecule has 19 heavy (non-hydrogen) atoms. The Morgan fingerprint density at radius 1 is 1.26 bits per heavy atom. The number of sulfonamides is 1. The molecular weight excluding hydrogens is 260 g/mol. The van der Waals surface area contributed by atoms with Crippen molar-refractivity contribution >= 4 is 15.7 Å². The average molecular weight is 282 g/mol. The van der Waals surface area contributed by atoms with Crippen molar-refractivity contribution in [3.8, 4) is 0 Å². The molecule has 0 bridgehead atoms. The van der Waals surface area contributed by atoms with Crippen molar-refractivity contribution in [2.24, 2.45) is 5.92 Å². The van der Waals surface area contributed by atoms with Crippen molar-refractivity contribution < 1.29 is 8.42 Å². The summed E-state index contributed by atoms with van der Waals surface area (Å²) in [5.74, 6) is 0.890. The average Bonchev–Trinajstić information content (AvgIpc) is 3.22. The normalized spacial score (nSPS) is 17.2. The van der Waals surface area contributed by atoms with E-state index in [0.29, 0.717) is 10.9 Å². The van der Waals surface area contributed by atoms with Crippen molar-refractivity contribution in [2.75, 3.05) is 12.4 Å². The first-order valence-electron chi connectivity index (χ1n) is 6.85. The number of rotatable bonds is 7. The molecule has 106 valence electrons. The predicted octanol–water partition coefficient (Wildman–Crippen LogP) is 2.59. The van der Waals surface area contributed by atoms with Crippen LogP contribution in [0.5, 0.6) is 0 Å². The molecule has 1 unspecified atom stereocenters. The van der Waals surface area contributed by atoms with Crippen LogP contribution in [0.1, 0.15) is 32.6 Å². The second-order valence-corrected chi connectivity index (χ2v) is 7.05. The van der Waals surface area contributed by atoms with Gasteiger partial charge in [0.1, 0.15) is 0 Å². The number of hydrogen-bond donors (Lipinski definition) is 2. The maximum atomic E-state index is 11.6. The summed E-state index contributed by atoms with van der Waals surface area (Å²) in [6, 6.07) is 7.43. The van der Waals surface area contributed by atoms with Crippen molar-refractivity contribution in [2.45, 2.75) is 43.5 Å². The van der Waals surface area contributed by atoms with Gasteiger partial charge in [-0.05, 0) is 50.1 Å². The lowest BCUT2D eigenvalue weighted by atomic mass is 10.1. The minimum absolute atomic E-state index is 0.302. The van der Waals surface area contributed by atoms with Crippen LogP contribution in [0.2, 0.25) is 0 Å². The SMILES string of the molecule is CCC(CC1CC1)Nc1ccc(S(=O)(=O)NC)cc1. The number of anilines is 1. The summed E-state index contributed by atoms with van der Waals surface area (Å²) in [5, 5.41) is 3.48. The second-order valence-electron chi connectivity index (χ2n) is 5.16. The summed E-state index contributed by atoms with van der Waals surface area (Å²) in [6.07, 6.45) is 5.02. The number of nitrogens with one attached hydrogen (secondary N) is 2. The van der Waals surface area contributed by atoms with Crippen LogP contribution >= 0.6 is 0 Å². The molecule has 0 radical (unpaired) electrons. The summed E-state index contributed by atoms with van der Waals surface area (Å²) >= 11 is 0. The molecule has 0 saturated heterocycles. The molecule has 1 saturated carbocycles. The second kappa shape index (κ2) is 5.92. The molecule has 0 spiro atoms. The molecule has 2 rings (SSSR count). The first kappa shape index (κ1) is 14.3. The van der Waals surface area contributed by atoms with Crippen molar-refractivity contribution in [1.29, 1.82) is 0 Å². The van der Waals surface area contributed by atoms with Crippen LogP contribution in [0.4, 0.5) is 5.69 Å². The van der Waals surface area contributed by atoms with Gasteiger partial charge < -0.3 is 5.32 Å². The Balaban J connectivity index is 2.01. The van der Waals surface area contributed by atoms with Gasteiger partial charge in [-0.25, -0.2) is 13.1 Å². The summed E-state index contributed by atoms with van der Waals surface area (Å²) in [6.45, 7) is 2.18. The molecule has 1 fully saturated rings. The monoisotopic (exact) mass is 282 g/mol. The molecule has 5 heteroatoms. The van der Waals surface area contributed by atoms with Gasteiger partial charge in [-0.1, -0.05) is 19.8 Å². The number of benzene rings is 1. The standard InChI is InChI=1S/C14H22N2O2S/c1-3-12(10-11-4-5-11)16-13-6-8-14(9-7-13)19(17,18)15-2/h6-9,11-12,15-16H,3-5,10H2,1-2H3. The molecule has 4 nitrogen and oxygen atoms in total. The van der Waals surface area contributed by atoms with Gasteiger partial charge in [-0.2, -0.15) is 0 Å². The molecule has 1 aliphatic carbocycles. The molecule has 0 aromatic heterocycles. The Kier molecular flexibility index (Phi) is 4.47. The van der Waals surface area contributed by atoms with Gasteiger partial charge in [-0.15, -0.1) is 0 Å². The third-order valence-corrected chi connectivity index (χ3v) is 5.04. The largest absolute Gasteiger partial charge is 0.382 e. The first-order valence-corrected chi connectivity index (χ1v) is 8.33. The van der Waals surface area contributed by atoms with Gasteiger partial charge in [0.05, 0.1) is 4.90 Å². The van der Waals surface area contributed by atoms with E-state index < -0.39 is 10.0 Å². The molecule has 1 aromatic rings. The van der Waals surface area contributed by atoms with Gasteiger partial charge in [-0.3, -0.25) is 0 Å². The fourth-order valence-corrected chi connectivity index (χ4v) is 2.90. The highest BCUT2D eigenvalue weighted by Crippen LogP contribution is 2.34. The van der Waals surface area contributed by atoms with Crippen molar-refractivity contribution in [3.05, 3.63) is 24.3 Å². The molecule has 2 N–H and O–H groups in total. The van der Waals surface area contributed by atoms with Gasteiger partial charge in [0.2, 0.25) is 10.0 Å². The lowest BCUT2D eigenvalue weighted by molar-refractivity contribution is 0.586. The molecule has 0 heterocycles. The van der Waals surface area contributed by atoms with Gasteiger partial charge in [0.15, 0.2) is 0 Å². The molecule has 0 aliphatic heterocycles. The molecular formula is C14H22N2O2S. The Bertz CT molecular complexity index is 507. The topological polar surface area (TPSA) is 58.2 Å². The van der Waals surface area contributed by atoms with Crippen molar-refractivity contribution in [3.63, 3.8) is 0 Å². The highest BCUT2D eigenvalue weighted by Gasteiger charge is 2.24. The Morgan fingerprint density at radius 2 is 1.89 bits per heavy atom. The Hall–Kier alpha value is -1.07. The quantitative estimate of drug-likeness (QED) is 0.808. The van der Waals surface area contributed by atoms with E-state index in [1.807, 2.05) is 12.1 Å². The third kappa shape index (κ3) is 3.94. The summed E-state index contributed by atoms with van der Waals surface area (Å²) in [5.41, 5.74) is 0.988.